The number of aromatic nitrogens is 3. The number of nitrogens with zero attached hydrogens (tertiary/aromatic N) is 3. The molecule has 0 radical (unpaired) electrons. The van der Waals surface area contributed by atoms with E-state index in [0.29, 0.717) is 5.22 Å². The average Bonchev–Trinajstić information content (AvgIpc) is 2.74. The summed E-state index contributed by atoms with van der Waals surface area (Å²) in [7, 11) is 1.84. The van der Waals surface area contributed by atoms with Gasteiger partial charge in [-0.3, -0.25) is 0 Å². The minimum atomic E-state index is 0.602. The molecule has 0 aliphatic heterocycles. The monoisotopic (exact) mass is 250 g/mol. The first-order chi connectivity index (χ1) is 8.21. The smallest absolute Gasteiger partial charge is 0.262 e. The van der Waals surface area contributed by atoms with E-state index in [9.17, 15) is 0 Å². The highest BCUT2D eigenvalue weighted by Crippen LogP contribution is 2.26. The fourth-order valence-electron chi connectivity index (χ4n) is 1.28. The molecule has 0 unspecified atom stereocenters. The van der Waals surface area contributed by atoms with Crippen molar-refractivity contribution in [1.29, 1.82) is 0 Å². The Hall–Kier alpha value is -1.56. The SMILES string of the molecule is CCc1nc(NC)cc(Sc2nc(C)co2)n1. The van der Waals surface area contributed by atoms with Gasteiger partial charge in [0, 0.05) is 19.5 Å². The van der Waals surface area contributed by atoms with E-state index in [1.165, 1.54) is 11.8 Å². The van der Waals surface area contributed by atoms with Crippen molar-refractivity contribution < 1.29 is 4.42 Å². The lowest BCUT2D eigenvalue weighted by Gasteiger charge is -2.04. The predicted octanol–water partition coefficient (Wildman–Crippen LogP) is 2.53. The fourth-order valence-corrected chi connectivity index (χ4v) is 2.07. The Labute approximate surface area is 104 Å². The molecule has 2 rings (SSSR count). The summed E-state index contributed by atoms with van der Waals surface area (Å²) >= 11 is 1.40. The van der Waals surface area contributed by atoms with Crippen molar-refractivity contribution in [2.75, 3.05) is 12.4 Å². The summed E-state index contributed by atoms with van der Waals surface area (Å²) in [6, 6.07) is 1.88. The van der Waals surface area contributed by atoms with E-state index in [-0.39, 0.29) is 0 Å². The highest BCUT2D eigenvalue weighted by molar-refractivity contribution is 7.99. The van der Waals surface area contributed by atoms with E-state index >= 15 is 0 Å². The van der Waals surface area contributed by atoms with Gasteiger partial charge in [0.25, 0.3) is 5.22 Å². The van der Waals surface area contributed by atoms with Crippen LogP contribution in [-0.4, -0.2) is 22.0 Å². The van der Waals surface area contributed by atoms with Gasteiger partial charge in [-0.05, 0) is 18.7 Å². The molecular formula is C11H14N4OS. The second kappa shape index (κ2) is 5.18. The molecule has 0 saturated heterocycles. The van der Waals surface area contributed by atoms with Gasteiger partial charge in [0.1, 0.15) is 22.9 Å². The van der Waals surface area contributed by atoms with Crippen LogP contribution in [-0.2, 0) is 6.42 Å². The minimum absolute atomic E-state index is 0.602. The first-order valence-electron chi connectivity index (χ1n) is 5.37. The average molecular weight is 250 g/mol. The summed E-state index contributed by atoms with van der Waals surface area (Å²) < 4.78 is 5.29. The van der Waals surface area contributed by atoms with Gasteiger partial charge in [-0.1, -0.05) is 6.92 Å². The van der Waals surface area contributed by atoms with Crippen LogP contribution in [0.5, 0.6) is 0 Å². The number of aryl methyl sites for hydroxylation is 2. The fraction of sp³-hybridized carbons (Fsp3) is 0.364. The predicted molar refractivity (Wildman–Crippen MR) is 66.3 cm³/mol. The van der Waals surface area contributed by atoms with E-state index in [1.54, 1.807) is 6.26 Å². The van der Waals surface area contributed by atoms with Crippen LogP contribution in [0, 0.1) is 6.92 Å². The Balaban J connectivity index is 2.25. The molecular weight excluding hydrogens is 236 g/mol. The normalized spacial score (nSPS) is 10.5. The lowest BCUT2D eigenvalue weighted by molar-refractivity contribution is 0.453. The Morgan fingerprint density at radius 1 is 1.35 bits per heavy atom. The maximum atomic E-state index is 5.29. The van der Waals surface area contributed by atoms with Crippen LogP contribution in [0.3, 0.4) is 0 Å². The number of nitrogens with one attached hydrogen (secondary N) is 1. The molecule has 17 heavy (non-hydrogen) atoms. The molecule has 0 atom stereocenters. The molecule has 5 nitrogen and oxygen atoms in total. The van der Waals surface area contributed by atoms with Gasteiger partial charge in [0.05, 0.1) is 5.69 Å². The van der Waals surface area contributed by atoms with Crippen molar-refractivity contribution >= 4 is 17.6 Å². The Morgan fingerprint density at radius 3 is 2.76 bits per heavy atom. The van der Waals surface area contributed by atoms with Crippen molar-refractivity contribution in [3.63, 3.8) is 0 Å². The lowest BCUT2D eigenvalue weighted by atomic mass is 10.4. The molecule has 0 aliphatic rings. The second-order valence-corrected chi connectivity index (χ2v) is 4.44. The molecule has 1 N–H and O–H groups in total. The van der Waals surface area contributed by atoms with Gasteiger partial charge in [-0.15, -0.1) is 0 Å². The van der Waals surface area contributed by atoms with Gasteiger partial charge in [-0.2, -0.15) is 0 Å². The minimum Gasteiger partial charge on any atom is -0.439 e. The van der Waals surface area contributed by atoms with Crippen molar-refractivity contribution in [2.24, 2.45) is 0 Å². The summed E-state index contributed by atoms with van der Waals surface area (Å²) in [6.45, 7) is 3.92. The van der Waals surface area contributed by atoms with Gasteiger partial charge >= 0.3 is 0 Å². The zero-order valence-electron chi connectivity index (χ0n) is 10.0. The Morgan fingerprint density at radius 2 is 2.18 bits per heavy atom. The quantitative estimate of drug-likeness (QED) is 0.841. The van der Waals surface area contributed by atoms with E-state index in [4.69, 9.17) is 4.42 Å². The van der Waals surface area contributed by atoms with Gasteiger partial charge in [0.2, 0.25) is 0 Å². The molecule has 0 aromatic carbocycles. The number of rotatable bonds is 4. The highest BCUT2D eigenvalue weighted by atomic mass is 32.2. The van der Waals surface area contributed by atoms with Crippen LogP contribution in [0.25, 0.3) is 0 Å². The summed E-state index contributed by atoms with van der Waals surface area (Å²) in [4.78, 5) is 13.0. The van der Waals surface area contributed by atoms with Crippen molar-refractivity contribution in [3.05, 3.63) is 23.8 Å². The van der Waals surface area contributed by atoms with Crippen LogP contribution in [0.2, 0.25) is 0 Å². The van der Waals surface area contributed by atoms with E-state index in [0.717, 1.165) is 28.8 Å². The zero-order chi connectivity index (χ0) is 12.3. The van der Waals surface area contributed by atoms with Crippen LogP contribution in [0.4, 0.5) is 5.82 Å². The number of oxazole rings is 1. The van der Waals surface area contributed by atoms with Gasteiger partial charge in [-0.25, -0.2) is 15.0 Å². The topological polar surface area (TPSA) is 63.8 Å². The van der Waals surface area contributed by atoms with Gasteiger partial charge < -0.3 is 9.73 Å². The zero-order valence-corrected chi connectivity index (χ0v) is 10.8. The molecule has 0 spiro atoms. The van der Waals surface area contributed by atoms with E-state index in [1.807, 2.05) is 27.0 Å². The molecule has 0 amide bonds. The van der Waals surface area contributed by atoms with E-state index in [2.05, 4.69) is 20.3 Å². The Bertz CT molecular complexity index is 490. The van der Waals surface area contributed by atoms with Crippen LogP contribution < -0.4 is 5.32 Å². The molecule has 2 aromatic rings. The van der Waals surface area contributed by atoms with Gasteiger partial charge in [0.15, 0.2) is 0 Å². The standard InChI is InChI=1S/C11H14N4OS/c1-4-8-14-9(12-3)5-10(15-8)17-11-13-7(2)6-16-11/h5-6H,4H2,1-3H3,(H,12,14,15). The van der Waals surface area contributed by atoms with Crippen LogP contribution in [0.1, 0.15) is 18.4 Å². The molecule has 2 aromatic heterocycles. The van der Waals surface area contributed by atoms with Crippen molar-refractivity contribution in [1.82, 2.24) is 15.0 Å². The van der Waals surface area contributed by atoms with E-state index < -0.39 is 0 Å². The Kier molecular flexibility index (Phi) is 3.63. The first-order valence-corrected chi connectivity index (χ1v) is 6.18. The molecule has 90 valence electrons. The molecule has 0 fully saturated rings. The highest BCUT2D eigenvalue weighted by Gasteiger charge is 2.08. The van der Waals surface area contributed by atoms with Crippen molar-refractivity contribution in [2.45, 2.75) is 30.5 Å². The lowest BCUT2D eigenvalue weighted by Crippen LogP contribution is -2.00. The number of anilines is 1. The summed E-state index contributed by atoms with van der Waals surface area (Å²) in [5.74, 6) is 1.62. The third-order valence-electron chi connectivity index (χ3n) is 2.11. The molecule has 0 saturated carbocycles. The summed E-state index contributed by atoms with van der Waals surface area (Å²) in [6.07, 6.45) is 2.43. The summed E-state index contributed by atoms with van der Waals surface area (Å²) in [5.41, 5.74) is 0.867. The first kappa shape index (κ1) is 11.9. The summed E-state index contributed by atoms with van der Waals surface area (Å²) in [5, 5.41) is 4.46. The largest absolute Gasteiger partial charge is 0.439 e. The third kappa shape index (κ3) is 2.97. The maximum absolute atomic E-state index is 5.29. The second-order valence-electron chi connectivity index (χ2n) is 3.47. The molecule has 0 aliphatic carbocycles. The molecule has 2 heterocycles. The van der Waals surface area contributed by atoms with Crippen LogP contribution >= 0.6 is 11.8 Å². The third-order valence-corrected chi connectivity index (χ3v) is 2.89. The number of hydrogen-bond acceptors (Lipinski definition) is 6. The van der Waals surface area contributed by atoms with Crippen LogP contribution in [0.15, 0.2) is 27.0 Å². The van der Waals surface area contributed by atoms with Crippen molar-refractivity contribution in [3.8, 4) is 0 Å². The maximum Gasteiger partial charge on any atom is 0.262 e. The number of hydrogen-bond donors (Lipinski definition) is 1. The molecule has 0 bridgehead atoms. The molecule has 6 heteroatoms.